The largest absolute Gasteiger partial charge is 0.433 e. The topological polar surface area (TPSA) is 57.6 Å². The second-order valence-corrected chi connectivity index (χ2v) is 8.67. The Labute approximate surface area is 183 Å². The summed E-state index contributed by atoms with van der Waals surface area (Å²) in [4.78, 5) is 21.8. The van der Waals surface area contributed by atoms with E-state index in [2.05, 4.69) is 15.3 Å². The van der Waals surface area contributed by atoms with Crippen molar-refractivity contribution in [3.05, 3.63) is 35.0 Å². The van der Waals surface area contributed by atoms with Crippen molar-refractivity contribution in [2.24, 2.45) is 10.9 Å². The summed E-state index contributed by atoms with van der Waals surface area (Å²) in [6.45, 7) is 1.51. The molecule has 1 aliphatic carbocycles. The smallest absolute Gasteiger partial charge is 0.382 e. The fourth-order valence-electron chi connectivity index (χ4n) is 4.34. The second-order valence-electron chi connectivity index (χ2n) is 8.24. The average molecular weight is 453 g/mol. The lowest BCUT2D eigenvalue weighted by atomic mass is 9.86. The summed E-state index contributed by atoms with van der Waals surface area (Å²) in [6.07, 6.45) is 2.55. The van der Waals surface area contributed by atoms with Crippen molar-refractivity contribution in [3.8, 4) is 0 Å². The highest BCUT2D eigenvalue weighted by molar-refractivity contribution is 6.31. The number of likely N-dealkylation sites (tertiary alicyclic amines) is 1. The van der Waals surface area contributed by atoms with E-state index in [0.29, 0.717) is 22.5 Å². The van der Waals surface area contributed by atoms with Gasteiger partial charge < -0.3 is 10.2 Å². The molecule has 2 atom stereocenters. The van der Waals surface area contributed by atoms with Gasteiger partial charge in [-0.3, -0.25) is 0 Å². The first-order valence-electron chi connectivity index (χ1n) is 10.6. The summed E-state index contributed by atoms with van der Waals surface area (Å²) >= 11 is 6.08. The average Bonchev–Trinajstić information content (AvgIpc) is 3.27. The SMILES string of the molecule is O=C(/N=C/C1CCC[C@H](Nc2cc(C(F)(F)F)nc3ccc(Cl)cc23)C1)N1CCCC1. The minimum Gasteiger partial charge on any atom is -0.382 e. The molecule has 31 heavy (non-hydrogen) atoms. The van der Waals surface area contributed by atoms with Crippen LogP contribution in [0.3, 0.4) is 0 Å². The number of nitrogens with zero attached hydrogens (tertiary/aromatic N) is 3. The van der Waals surface area contributed by atoms with E-state index in [4.69, 9.17) is 11.6 Å². The molecule has 166 valence electrons. The Bertz CT molecular complexity index is 989. The molecule has 0 bridgehead atoms. The van der Waals surface area contributed by atoms with Crippen LogP contribution < -0.4 is 5.32 Å². The van der Waals surface area contributed by atoms with Gasteiger partial charge in [-0.15, -0.1) is 0 Å². The minimum absolute atomic E-state index is 0.0299. The Morgan fingerprint density at radius 1 is 1.19 bits per heavy atom. The van der Waals surface area contributed by atoms with Crippen molar-refractivity contribution in [3.63, 3.8) is 0 Å². The number of amides is 2. The molecule has 0 spiro atoms. The molecule has 2 aliphatic rings. The summed E-state index contributed by atoms with van der Waals surface area (Å²) < 4.78 is 40.1. The van der Waals surface area contributed by atoms with Gasteiger partial charge in [0.25, 0.3) is 0 Å². The first kappa shape index (κ1) is 21.9. The number of rotatable bonds is 3. The Hall–Kier alpha value is -2.35. The molecule has 1 aromatic heterocycles. The Morgan fingerprint density at radius 2 is 1.97 bits per heavy atom. The maximum atomic E-state index is 13.4. The zero-order valence-electron chi connectivity index (χ0n) is 17.0. The Kier molecular flexibility index (Phi) is 6.36. The lowest BCUT2D eigenvalue weighted by Gasteiger charge is -2.29. The van der Waals surface area contributed by atoms with E-state index >= 15 is 0 Å². The molecule has 4 rings (SSSR count). The Balaban J connectivity index is 1.51. The number of fused-ring (bicyclic) bond motifs is 1. The molecule has 5 nitrogen and oxygen atoms in total. The molecule has 2 heterocycles. The number of carbonyl (C=O) groups excluding carboxylic acids is 1. The second kappa shape index (κ2) is 9.02. The molecule has 2 fully saturated rings. The van der Waals surface area contributed by atoms with Crippen molar-refractivity contribution < 1.29 is 18.0 Å². The number of halogens is 4. The molecule has 2 aromatic rings. The van der Waals surface area contributed by atoms with E-state index < -0.39 is 11.9 Å². The van der Waals surface area contributed by atoms with Crippen molar-refractivity contribution in [2.45, 2.75) is 50.7 Å². The monoisotopic (exact) mass is 452 g/mol. The molecule has 2 amide bonds. The highest BCUT2D eigenvalue weighted by Crippen LogP contribution is 2.35. The maximum absolute atomic E-state index is 13.4. The zero-order chi connectivity index (χ0) is 22.0. The highest BCUT2D eigenvalue weighted by Gasteiger charge is 2.34. The van der Waals surface area contributed by atoms with Crippen LogP contribution in [0.2, 0.25) is 5.02 Å². The molecule has 1 N–H and O–H groups in total. The van der Waals surface area contributed by atoms with Gasteiger partial charge in [0.1, 0.15) is 5.69 Å². The van der Waals surface area contributed by atoms with Crippen LogP contribution in [0.4, 0.5) is 23.7 Å². The van der Waals surface area contributed by atoms with E-state index in [0.717, 1.165) is 51.3 Å². The number of benzene rings is 1. The van der Waals surface area contributed by atoms with Crippen LogP contribution in [0.1, 0.15) is 44.2 Å². The third-order valence-electron chi connectivity index (χ3n) is 5.91. The molecular weight excluding hydrogens is 429 g/mol. The molecule has 9 heteroatoms. The number of alkyl halides is 3. The van der Waals surface area contributed by atoms with Gasteiger partial charge in [0.05, 0.1) is 5.52 Å². The predicted octanol–water partition coefficient (Wildman–Crippen LogP) is 6.16. The lowest BCUT2D eigenvalue weighted by Crippen LogP contribution is -2.29. The quantitative estimate of drug-likeness (QED) is 0.567. The van der Waals surface area contributed by atoms with Crippen molar-refractivity contribution in [1.29, 1.82) is 0 Å². The first-order valence-corrected chi connectivity index (χ1v) is 10.9. The highest BCUT2D eigenvalue weighted by atomic mass is 35.5. The Morgan fingerprint density at radius 3 is 2.71 bits per heavy atom. The van der Waals surface area contributed by atoms with Crippen LogP contribution in [-0.4, -0.2) is 41.3 Å². The van der Waals surface area contributed by atoms with Gasteiger partial charge in [-0.2, -0.15) is 13.2 Å². The fourth-order valence-corrected chi connectivity index (χ4v) is 4.51. The molecule has 1 saturated carbocycles. The van der Waals surface area contributed by atoms with Gasteiger partial charge in [0, 0.05) is 41.4 Å². The number of anilines is 1. The van der Waals surface area contributed by atoms with Crippen LogP contribution in [0.5, 0.6) is 0 Å². The number of nitrogens with one attached hydrogen (secondary N) is 1. The lowest BCUT2D eigenvalue weighted by molar-refractivity contribution is -0.140. The summed E-state index contributed by atoms with van der Waals surface area (Å²) in [6, 6.07) is 5.48. The van der Waals surface area contributed by atoms with Crippen molar-refractivity contribution >= 4 is 40.4 Å². The standard InChI is InChI=1S/C22H24ClF3N4O/c23-15-6-7-18-17(11-15)19(12-20(29-18)22(24,25)26)28-16-5-3-4-14(10-16)13-27-21(31)30-8-1-2-9-30/h6-7,11-14,16H,1-5,8-10H2,(H,28,29)/b27-13+/t14?,16-/m0/s1. The number of pyridine rings is 1. The van der Waals surface area contributed by atoms with Gasteiger partial charge in [0.2, 0.25) is 0 Å². The molecule has 1 unspecified atom stereocenters. The minimum atomic E-state index is -4.54. The number of carbonyl (C=O) groups is 1. The van der Waals surface area contributed by atoms with E-state index in [1.165, 1.54) is 12.1 Å². The van der Waals surface area contributed by atoms with E-state index in [9.17, 15) is 18.0 Å². The molecule has 1 aromatic carbocycles. The number of urea groups is 1. The number of aromatic nitrogens is 1. The number of hydrogen-bond donors (Lipinski definition) is 1. The summed E-state index contributed by atoms with van der Waals surface area (Å²) in [5.74, 6) is 0.108. The predicted molar refractivity (Wildman–Crippen MR) is 116 cm³/mol. The molecule has 1 aliphatic heterocycles. The summed E-state index contributed by atoms with van der Waals surface area (Å²) in [5.41, 5.74) is -0.322. The van der Waals surface area contributed by atoms with E-state index in [-0.39, 0.29) is 23.5 Å². The molecular formula is C22H24ClF3N4O. The van der Waals surface area contributed by atoms with Gasteiger partial charge >= 0.3 is 12.2 Å². The van der Waals surface area contributed by atoms with Crippen LogP contribution in [-0.2, 0) is 6.18 Å². The normalized spacial score (nSPS) is 22.4. The van der Waals surface area contributed by atoms with E-state index in [1.54, 1.807) is 17.2 Å². The zero-order valence-corrected chi connectivity index (χ0v) is 17.7. The van der Waals surface area contributed by atoms with Gasteiger partial charge in [0.15, 0.2) is 0 Å². The van der Waals surface area contributed by atoms with Gasteiger partial charge in [-0.05, 0) is 62.3 Å². The number of aliphatic imine (C=N–C) groups is 1. The van der Waals surface area contributed by atoms with Crippen LogP contribution >= 0.6 is 11.6 Å². The fraction of sp³-hybridized carbons (Fsp3) is 0.500. The summed E-state index contributed by atoms with van der Waals surface area (Å²) in [7, 11) is 0. The third kappa shape index (κ3) is 5.29. The first-order chi connectivity index (χ1) is 14.8. The van der Waals surface area contributed by atoms with Gasteiger partial charge in [-0.1, -0.05) is 18.0 Å². The van der Waals surface area contributed by atoms with Crippen LogP contribution in [0.25, 0.3) is 10.9 Å². The van der Waals surface area contributed by atoms with Crippen molar-refractivity contribution in [2.75, 3.05) is 18.4 Å². The summed E-state index contributed by atoms with van der Waals surface area (Å²) in [5, 5.41) is 4.27. The van der Waals surface area contributed by atoms with Gasteiger partial charge in [-0.25, -0.2) is 14.8 Å². The van der Waals surface area contributed by atoms with Crippen LogP contribution in [0.15, 0.2) is 29.3 Å². The van der Waals surface area contributed by atoms with Crippen molar-refractivity contribution in [1.82, 2.24) is 9.88 Å². The third-order valence-corrected chi connectivity index (χ3v) is 6.14. The molecule has 1 saturated heterocycles. The van der Waals surface area contributed by atoms with Crippen LogP contribution in [0, 0.1) is 5.92 Å². The maximum Gasteiger partial charge on any atom is 0.433 e. The van der Waals surface area contributed by atoms with E-state index in [1.807, 2.05) is 0 Å². The molecule has 0 radical (unpaired) electrons. The number of hydrogen-bond acceptors (Lipinski definition) is 3.